The van der Waals surface area contributed by atoms with Crippen LogP contribution in [-0.2, 0) is 6.42 Å². The number of Topliss-reactive ketones (excluding diaryl/α,β-unsaturated/α-hetero) is 1. The highest BCUT2D eigenvalue weighted by atomic mass is 16.3. The molecule has 0 atom stereocenters. The standard InChI is InChI=1S/C15H14O3/c16-13-8-12(9-14(17)10-13)15(18)7-6-11-4-2-1-3-5-11/h1-5,8-10,16-17H,6-7H2. The Morgan fingerprint density at radius 1 is 0.944 bits per heavy atom. The number of hydrogen-bond acceptors (Lipinski definition) is 3. The Hall–Kier alpha value is -2.29. The lowest BCUT2D eigenvalue weighted by Gasteiger charge is -2.03. The molecule has 0 saturated carbocycles. The number of aryl methyl sites for hydroxylation is 1. The van der Waals surface area contributed by atoms with E-state index in [0.717, 1.165) is 5.56 Å². The Morgan fingerprint density at radius 3 is 2.17 bits per heavy atom. The highest BCUT2D eigenvalue weighted by molar-refractivity contribution is 5.96. The van der Waals surface area contributed by atoms with E-state index in [-0.39, 0.29) is 17.3 Å². The summed E-state index contributed by atoms with van der Waals surface area (Å²) in [6, 6.07) is 13.7. The summed E-state index contributed by atoms with van der Waals surface area (Å²) in [7, 11) is 0. The fraction of sp³-hybridized carbons (Fsp3) is 0.133. The van der Waals surface area contributed by atoms with Crippen LogP contribution in [0.1, 0.15) is 22.3 Å². The summed E-state index contributed by atoms with van der Waals surface area (Å²) in [4.78, 5) is 11.9. The van der Waals surface area contributed by atoms with Crippen LogP contribution >= 0.6 is 0 Å². The number of benzene rings is 2. The van der Waals surface area contributed by atoms with Gasteiger partial charge in [-0.05, 0) is 24.1 Å². The van der Waals surface area contributed by atoms with Gasteiger partial charge in [-0.1, -0.05) is 30.3 Å². The predicted octanol–water partition coefficient (Wildman–Crippen LogP) is 2.91. The van der Waals surface area contributed by atoms with Crippen LogP contribution in [0.4, 0.5) is 0 Å². The first-order valence-electron chi connectivity index (χ1n) is 5.75. The number of phenolic OH excluding ortho intramolecular Hbond substituents is 2. The second-order valence-electron chi connectivity index (χ2n) is 4.15. The fourth-order valence-electron chi connectivity index (χ4n) is 1.80. The maximum absolute atomic E-state index is 11.9. The average molecular weight is 242 g/mol. The van der Waals surface area contributed by atoms with Gasteiger partial charge in [0.05, 0.1) is 0 Å². The first-order chi connectivity index (χ1) is 8.65. The Kier molecular flexibility index (Phi) is 3.63. The lowest BCUT2D eigenvalue weighted by molar-refractivity contribution is 0.0982. The van der Waals surface area contributed by atoms with E-state index in [1.54, 1.807) is 0 Å². The van der Waals surface area contributed by atoms with Crippen LogP contribution in [-0.4, -0.2) is 16.0 Å². The largest absolute Gasteiger partial charge is 0.508 e. The molecule has 0 aliphatic carbocycles. The molecule has 0 unspecified atom stereocenters. The van der Waals surface area contributed by atoms with Gasteiger partial charge in [0.25, 0.3) is 0 Å². The van der Waals surface area contributed by atoms with Gasteiger partial charge in [-0.15, -0.1) is 0 Å². The van der Waals surface area contributed by atoms with Gasteiger partial charge >= 0.3 is 0 Å². The Balaban J connectivity index is 2.04. The Bertz CT molecular complexity index is 527. The summed E-state index contributed by atoms with van der Waals surface area (Å²) < 4.78 is 0. The van der Waals surface area contributed by atoms with Crippen LogP contribution in [0.15, 0.2) is 48.5 Å². The van der Waals surface area contributed by atoms with Gasteiger partial charge in [-0.2, -0.15) is 0 Å². The molecule has 0 bridgehead atoms. The summed E-state index contributed by atoms with van der Waals surface area (Å²) in [5.74, 6) is -0.291. The third kappa shape index (κ3) is 3.10. The van der Waals surface area contributed by atoms with Crippen molar-refractivity contribution in [2.24, 2.45) is 0 Å². The van der Waals surface area contributed by atoms with E-state index in [4.69, 9.17) is 0 Å². The molecule has 2 rings (SSSR count). The maximum Gasteiger partial charge on any atom is 0.163 e. The third-order valence-electron chi connectivity index (χ3n) is 2.71. The molecular formula is C15H14O3. The lowest BCUT2D eigenvalue weighted by Crippen LogP contribution is -2.01. The van der Waals surface area contributed by atoms with E-state index >= 15 is 0 Å². The van der Waals surface area contributed by atoms with Gasteiger partial charge in [0.15, 0.2) is 5.78 Å². The van der Waals surface area contributed by atoms with Crippen molar-refractivity contribution in [2.75, 3.05) is 0 Å². The van der Waals surface area contributed by atoms with Gasteiger partial charge in [0, 0.05) is 18.1 Å². The van der Waals surface area contributed by atoms with Crippen molar-refractivity contribution in [3.63, 3.8) is 0 Å². The second-order valence-corrected chi connectivity index (χ2v) is 4.15. The number of carbonyl (C=O) groups is 1. The molecule has 0 aliphatic rings. The molecule has 0 saturated heterocycles. The van der Waals surface area contributed by atoms with Gasteiger partial charge in [-0.25, -0.2) is 0 Å². The molecule has 0 aliphatic heterocycles. The van der Waals surface area contributed by atoms with Crippen molar-refractivity contribution in [1.29, 1.82) is 0 Å². The van der Waals surface area contributed by atoms with E-state index in [1.165, 1.54) is 18.2 Å². The first kappa shape index (κ1) is 12.2. The number of hydrogen-bond donors (Lipinski definition) is 2. The van der Waals surface area contributed by atoms with Crippen LogP contribution in [0.3, 0.4) is 0 Å². The number of aromatic hydroxyl groups is 2. The molecule has 0 heterocycles. The van der Waals surface area contributed by atoms with Gasteiger partial charge in [-0.3, -0.25) is 4.79 Å². The summed E-state index contributed by atoms with van der Waals surface area (Å²) in [5, 5.41) is 18.6. The molecule has 0 amide bonds. The summed E-state index contributed by atoms with van der Waals surface area (Å²) in [6.45, 7) is 0. The van der Waals surface area contributed by atoms with E-state index in [0.29, 0.717) is 18.4 Å². The monoisotopic (exact) mass is 242 g/mol. The lowest BCUT2D eigenvalue weighted by atomic mass is 10.0. The third-order valence-corrected chi connectivity index (χ3v) is 2.71. The van der Waals surface area contributed by atoms with Crippen LogP contribution in [0.25, 0.3) is 0 Å². The molecular weight excluding hydrogens is 228 g/mol. The molecule has 92 valence electrons. The van der Waals surface area contributed by atoms with Crippen LogP contribution in [0.5, 0.6) is 11.5 Å². The molecule has 0 radical (unpaired) electrons. The predicted molar refractivity (Wildman–Crippen MR) is 68.9 cm³/mol. The average Bonchev–Trinajstić information content (AvgIpc) is 2.36. The first-order valence-corrected chi connectivity index (χ1v) is 5.75. The minimum atomic E-state index is -0.0990. The molecule has 2 N–H and O–H groups in total. The van der Waals surface area contributed by atoms with Crippen molar-refractivity contribution in [2.45, 2.75) is 12.8 Å². The van der Waals surface area contributed by atoms with E-state index in [9.17, 15) is 15.0 Å². The highest BCUT2D eigenvalue weighted by Gasteiger charge is 2.08. The number of carbonyl (C=O) groups excluding carboxylic acids is 1. The van der Waals surface area contributed by atoms with E-state index in [2.05, 4.69) is 0 Å². The second kappa shape index (κ2) is 5.36. The minimum Gasteiger partial charge on any atom is -0.508 e. The number of ketones is 1. The minimum absolute atomic E-state index is 0.0925. The van der Waals surface area contributed by atoms with Crippen molar-refractivity contribution in [1.82, 2.24) is 0 Å². The molecule has 3 heteroatoms. The summed E-state index contributed by atoms with van der Waals surface area (Å²) >= 11 is 0. The zero-order chi connectivity index (χ0) is 13.0. The fourth-order valence-corrected chi connectivity index (χ4v) is 1.80. The number of phenols is 2. The van der Waals surface area contributed by atoms with E-state index < -0.39 is 0 Å². The zero-order valence-corrected chi connectivity index (χ0v) is 9.84. The van der Waals surface area contributed by atoms with Crippen LogP contribution < -0.4 is 0 Å². The van der Waals surface area contributed by atoms with Gasteiger partial charge in [0.2, 0.25) is 0 Å². The molecule has 0 aromatic heterocycles. The topological polar surface area (TPSA) is 57.5 Å². The number of rotatable bonds is 4. The van der Waals surface area contributed by atoms with Gasteiger partial charge < -0.3 is 10.2 Å². The van der Waals surface area contributed by atoms with Crippen LogP contribution in [0, 0.1) is 0 Å². The van der Waals surface area contributed by atoms with E-state index in [1.807, 2.05) is 30.3 Å². The molecule has 3 nitrogen and oxygen atoms in total. The summed E-state index contributed by atoms with van der Waals surface area (Å²) in [6.07, 6.45) is 1.00. The van der Waals surface area contributed by atoms with Crippen molar-refractivity contribution < 1.29 is 15.0 Å². The quantitative estimate of drug-likeness (QED) is 0.810. The van der Waals surface area contributed by atoms with Gasteiger partial charge in [0.1, 0.15) is 11.5 Å². The smallest absolute Gasteiger partial charge is 0.163 e. The van der Waals surface area contributed by atoms with Crippen LogP contribution in [0.2, 0.25) is 0 Å². The van der Waals surface area contributed by atoms with Crippen molar-refractivity contribution >= 4 is 5.78 Å². The maximum atomic E-state index is 11.9. The summed E-state index contributed by atoms with van der Waals surface area (Å²) in [5.41, 5.74) is 1.43. The molecule has 2 aromatic rings. The van der Waals surface area contributed by atoms with Crippen molar-refractivity contribution in [3.8, 4) is 11.5 Å². The molecule has 0 fully saturated rings. The molecule has 18 heavy (non-hydrogen) atoms. The van der Waals surface area contributed by atoms with Crippen molar-refractivity contribution in [3.05, 3.63) is 59.7 Å². The molecule has 0 spiro atoms. The zero-order valence-electron chi connectivity index (χ0n) is 9.84. The normalized spacial score (nSPS) is 10.2. The molecule has 2 aromatic carbocycles. The Labute approximate surface area is 105 Å². The SMILES string of the molecule is O=C(CCc1ccccc1)c1cc(O)cc(O)c1. The highest BCUT2D eigenvalue weighted by Crippen LogP contribution is 2.21. The Morgan fingerprint density at radius 2 is 1.56 bits per heavy atom.